The summed E-state index contributed by atoms with van der Waals surface area (Å²) in [5.41, 5.74) is 5.91. The maximum absolute atomic E-state index is 12.6. The van der Waals surface area contributed by atoms with Crippen molar-refractivity contribution >= 4 is 28.9 Å². The van der Waals surface area contributed by atoms with Crippen molar-refractivity contribution in [1.29, 1.82) is 0 Å². The summed E-state index contributed by atoms with van der Waals surface area (Å²) in [5.74, 6) is 2.02. The van der Waals surface area contributed by atoms with Gasteiger partial charge in [0.25, 0.3) is 0 Å². The Morgan fingerprint density at radius 1 is 1.12 bits per heavy atom. The molecule has 2 aromatic rings. The predicted octanol–water partition coefficient (Wildman–Crippen LogP) is 2.83. The first-order valence-electron chi connectivity index (χ1n) is 11.7. The quantitative estimate of drug-likeness (QED) is 0.510. The van der Waals surface area contributed by atoms with Crippen LogP contribution in [0.4, 0.5) is 10.6 Å². The monoisotopic (exact) mass is 442 g/mol. The zero-order valence-corrected chi connectivity index (χ0v) is 19.1. The Hall–Kier alpha value is -2.91. The summed E-state index contributed by atoms with van der Waals surface area (Å²) in [6.07, 6.45) is 10.4. The molecule has 3 amide bonds. The van der Waals surface area contributed by atoms with Crippen molar-refractivity contribution < 1.29 is 9.59 Å². The molecule has 32 heavy (non-hydrogen) atoms. The highest BCUT2D eigenvalue weighted by molar-refractivity contribution is 5.95. The van der Waals surface area contributed by atoms with Gasteiger partial charge in [0.15, 0.2) is 11.5 Å². The second-order valence-corrected chi connectivity index (χ2v) is 9.37. The van der Waals surface area contributed by atoms with Crippen LogP contribution in [0.25, 0.3) is 11.2 Å². The summed E-state index contributed by atoms with van der Waals surface area (Å²) in [4.78, 5) is 37.4. The van der Waals surface area contributed by atoms with Gasteiger partial charge in [-0.2, -0.15) is 0 Å². The fourth-order valence-corrected chi connectivity index (χ4v) is 4.62. The molecule has 0 unspecified atom stereocenters. The van der Waals surface area contributed by atoms with E-state index < -0.39 is 11.9 Å². The molecule has 2 saturated carbocycles. The van der Waals surface area contributed by atoms with E-state index in [0.717, 1.165) is 18.0 Å². The minimum absolute atomic E-state index is 0.0334. The van der Waals surface area contributed by atoms with Crippen LogP contribution in [0.1, 0.15) is 69.4 Å². The van der Waals surface area contributed by atoms with Gasteiger partial charge >= 0.3 is 11.9 Å². The minimum Gasteiger partial charge on any atom is -0.365 e. The van der Waals surface area contributed by atoms with Crippen LogP contribution >= 0.6 is 0 Å². The van der Waals surface area contributed by atoms with Gasteiger partial charge in [0, 0.05) is 19.6 Å². The number of imidazole rings is 1. The molecule has 4 rings (SSSR count). The van der Waals surface area contributed by atoms with E-state index in [0.29, 0.717) is 23.3 Å². The van der Waals surface area contributed by atoms with Crippen LogP contribution < -0.4 is 21.5 Å². The third kappa shape index (κ3) is 4.94. The summed E-state index contributed by atoms with van der Waals surface area (Å²) in [6.45, 7) is 5.36. The molecular formula is C22H34N8O2. The molecule has 0 aliphatic heterocycles. The standard InChI is InChI=1S/C22H34N8O2/c1-13-7-9-15(10-8-13)11-30-12-24-18-17(30)19(25-14(2)16-5-4-6-16)27-20(26-18)21(31)28-29-22(32)23-3/h12-16H,4-11H2,1-3H3,(H,28,31)(H2,23,29,32)(H,25,26,27)/t13?,14-,15?/m1/s1. The summed E-state index contributed by atoms with van der Waals surface area (Å²) in [5, 5.41) is 5.91. The van der Waals surface area contributed by atoms with Gasteiger partial charge in [0.2, 0.25) is 5.82 Å². The number of nitrogens with zero attached hydrogens (tertiary/aromatic N) is 4. The maximum atomic E-state index is 12.6. The number of aromatic nitrogens is 4. The van der Waals surface area contributed by atoms with Crippen molar-refractivity contribution in [3.05, 3.63) is 12.2 Å². The summed E-state index contributed by atoms with van der Waals surface area (Å²) < 4.78 is 2.14. The molecule has 2 fully saturated rings. The van der Waals surface area contributed by atoms with Crippen LogP contribution in [0.3, 0.4) is 0 Å². The highest BCUT2D eigenvalue weighted by atomic mass is 16.2. The molecule has 1 atom stereocenters. The van der Waals surface area contributed by atoms with Crippen LogP contribution in [-0.4, -0.2) is 44.5 Å². The highest BCUT2D eigenvalue weighted by Gasteiger charge is 2.27. The normalized spacial score (nSPS) is 22.1. The van der Waals surface area contributed by atoms with E-state index in [-0.39, 0.29) is 11.9 Å². The molecule has 2 aliphatic carbocycles. The molecule has 0 aromatic carbocycles. The Bertz CT molecular complexity index is 962. The van der Waals surface area contributed by atoms with Crippen molar-refractivity contribution in [3.8, 4) is 0 Å². The molecule has 4 N–H and O–H groups in total. The SMILES string of the molecule is CNC(=O)NNC(=O)c1nc(N[C@H](C)C2CCC2)c2c(ncn2CC2CCC(C)CC2)n1. The Kier molecular flexibility index (Phi) is 6.76. The van der Waals surface area contributed by atoms with E-state index in [1.807, 2.05) is 0 Å². The van der Waals surface area contributed by atoms with Gasteiger partial charge in [0.1, 0.15) is 5.52 Å². The molecule has 10 nitrogen and oxygen atoms in total. The Morgan fingerprint density at radius 2 is 1.88 bits per heavy atom. The van der Waals surface area contributed by atoms with Crippen LogP contribution in [0.15, 0.2) is 6.33 Å². The topological polar surface area (TPSA) is 126 Å². The predicted molar refractivity (Wildman–Crippen MR) is 122 cm³/mol. The number of fused-ring (bicyclic) bond motifs is 1. The number of amides is 3. The maximum Gasteiger partial charge on any atom is 0.333 e. The first kappa shape index (κ1) is 22.3. The Morgan fingerprint density at radius 3 is 2.53 bits per heavy atom. The molecule has 0 saturated heterocycles. The molecule has 10 heteroatoms. The van der Waals surface area contributed by atoms with Crippen LogP contribution in [0.2, 0.25) is 0 Å². The minimum atomic E-state index is -0.592. The number of hydrazine groups is 1. The van der Waals surface area contributed by atoms with Crippen LogP contribution in [0, 0.1) is 17.8 Å². The molecule has 2 heterocycles. The van der Waals surface area contributed by atoms with E-state index in [1.165, 1.54) is 52.0 Å². The second kappa shape index (κ2) is 9.70. The average Bonchev–Trinajstić information content (AvgIpc) is 3.15. The molecule has 174 valence electrons. The van der Waals surface area contributed by atoms with Crippen molar-refractivity contribution in [2.75, 3.05) is 12.4 Å². The highest BCUT2D eigenvalue weighted by Crippen LogP contribution is 2.33. The van der Waals surface area contributed by atoms with E-state index in [4.69, 9.17) is 0 Å². The van der Waals surface area contributed by atoms with Crippen molar-refractivity contribution in [3.63, 3.8) is 0 Å². The van der Waals surface area contributed by atoms with Crippen LogP contribution in [-0.2, 0) is 6.54 Å². The van der Waals surface area contributed by atoms with Crippen molar-refractivity contribution in [2.45, 2.75) is 71.4 Å². The Balaban J connectivity index is 1.61. The number of anilines is 1. The Labute approximate surface area is 188 Å². The number of urea groups is 1. The van der Waals surface area contributed by atoms with E-state index in [1.54, 1.807) is 6.33 Å². The zero-order chi connectivity index (χ0) is 22.7. The van der Waals surface area contributed by atoms with Crippen LogP contribution in [0.5, 0.6) is 0 Å². The molecule has 0 radical (unpaired) electrons. The third-order valence-corrected chi connectivity index (χ3v) is 7.00. The van der Waals surface area contributed by atoms with Crippen molar-refractivity contribution in [1.82, 2.24) is 35.7 Å². The lowest BCUT2D eigenvalue weighted by Crippen LogP contribution is -2.46. The number of hydrogen-bond acceptors (Lipinski definition) is 6. The fraction of sp³-hybridized carbons (Fsp3) is 0.682. The molecule has 2 aliphatic rings. The number of carbonyl (C=O) groups is 2. The summed E-state index contributed by atoms with van der Waals surface area (Å²) in [6, 6.07) is -0.289. The van der Waals surface area contributed by atoms with E-state index in [9.17, 15) is 9.59 Å². The van der Waals surface area contributed by atoms with Gasteiger partial charge in [-0.3, -0.25) is 10.2 Å². The second-order valence-electron chi connectivity index (χ2n) is 9.37. The number of hydrogen-bond donors (Lipinski definition) is 4. The summed E-state index contributed by atoms with van der Waals surface area (Å²) in [7, 11) is 1.47. The average molecular weight is 443 g/mol. The smallest absolute Gasteiger partial charge is 0.333 e. The molecule has 0 spiro atoms. The first-order valence-corrected chi connectivity index (χ1v) is 11.7. The largest absolute Gasteiger partial charge is 0.365 e. The molecular weight excluding hydrogens is 408 g/mol. The molecule has 2 aromatic heterocycles. The number of nitrogens with one attached hydrogen (secondary N) is 4. The van der Waals surface area contributed by atoms with Gasteiger partial charge in [-0.15, -0.1) is 0 Å². The lowest BCUT2D eigenvalue weighted by atomic mass is 9.80. The molecule has 0 bridgehead atoms. The van der Waals surface area contributed by atoms with E-state index in [2.05, 4.69) is 54.9 Å². The van der Waals surface area contributed by atoms with Gasteiger partial charge in [-0.25, -0.2) is 25.2 Å². The zero-order valence-electron chi connectivity index (χ0n) is 19.1. The lowest BCUT2D eigenvalue weighted by molar-refractivity contribution is 0.0926. The van der Waals surface area contributed by atoms with Gasteiger partial charge < -0.3 is 15.2 Å². The number of carbonyl (C=O) groups excluding carboxylic acids is 2. The fourth-order valence-electron chi connectivity index (χ4n) is 4.62. The lowest BCUT2D eigenvalue weighted by Gasteiger charge is -2.32. The third-order valence-electron chi connectivity index (χ3n) is 7.00. The van der Waals surface area contributed by atoms with Crippen molar-refractivity contribution in [2.24, 2.45) is 17.8 Å². The summed E-state index contributed by atoms with van der Waals surface area (Å²) >= 11 is 0. The number of rotatable bonds is 6. The van der Waals surface area contributed by atoms with E-state index >= 15 is 0 Å². The van der Waals surface area contributed by atoms with Gasteiger partial charge in [0.05, 0.1) is 6.33 Å². The first-order chi connectivity index (χ1) is 15.4. The van der Waals surface area contributed by atoms with Gasteiger partial charge in [-0.05, 0) is 50.4 Å². The van der Waals surface area contributed by atoms with Gasteiger partial charge in [-0.1, -0.05) is 26.2 Å².